The fourth-order valence-electron chi connectivity index (χ4n) is 2.48. The Bertz CT molecular complexity index is 416. The molecular weight excluding hydrogens is 249 g/mol. The molecule has 0 aliphatic carbocycles. The van der Waals surface area contributed by atoms with Crippen LogP contribution >= 0.6 is 8.58 Å². The molecule has 0 aliphatic heterocycles. The molecule has 1 nitrogen and oxygen atoms in total. The van der Waals surface area contributed by atoms with Crippen LogP contribution < -0.4 is 11.0 Å². The maximum Gasteiger partial charge on any atom is -0.00257 e. The summed E-state index contributed by atoms with van der Waals surface area (Å²) in [4.78, 5) is 0. The zero-order valence-corrected chi connectivity index (χ0v) is 14.4. The van der Waals surface area contributed by atoms with E-state index in [4.69, 9.17) is 5.73 Å². The Labute approximate surface area is 121 Å². The lowest BCUT2D eigenvalue weighted by molar-refractivity contribution is 0.347. The molecule has 0 bridgehead atoms. The summed E-state index contributed by atoms with van der Waals surface area (Å²) >= 11 is 0. The lowest BCUT2D eigenvalue weighted by Crippen LogP contribution is -2.26. The molecule has 0 aromatic heterocycles. The van der Waals surface area contributed by atoms with Gasteiger partial charge in [-0.25, -0.2) is 0 Å². The second-order valence-corrected chi connectivity index (χ2v) is 8.25. The molecule has 0 amide bonds. The van der Waals surface area contributed by atoms with Gasteiger partial charge in [0.1, 0.15) is 0 Å². The van der Waals surface area contributed by atoms with Crippen molar-refractivity contribution in [1.29, 1.82) is 0 Å². The fraction of sp³-hybridized carbons (Fsp3) is 0.647. The zero-order chi connectivity index (χ0) is 14.7. The standard InChI is InChI=1S/C17H30NP/c1-16(2,3)15-13(8-7-9-14(15)19-6)10-11-17(4,5)12-18/h7-9,19H,10-12,18H2,1-6H3. The van der Waals surface area contributed by atoms with Crippen molar-refractivity contribution in [3.8, 4) is 0 Å². The van der Waals surface area contributed by atoms with Gasteiger partial charge in [-0.3, -0.25) is 0 Å². The van der Waals surface area contributed by atoms with Crippen LogP contribution in [0, 0.1) is 5.41 Å². The maximum absolute atomic E-state index is 5.85. The average molecular weight is 279 g/mol. The van der Waals surface area contributed by atoms with Crippen molar-refractivity contribution in [1.82, 2.24) is 0 Å². The number of nitrogens with two attached hydrogens (primary N) is 1. The highest BCUT2D eigenvalue weighted by Crippen LogP contribution is 2.30. The molecule has 0 saturated carbocycles. The summed E-state index contributed by atoms with van der Waals surface area (Å²) in [6, 6.07) is 6.80. The summed E-state index contributed by atoms with van der Waals surface area (Å²) in [7, 11) is 0.865. The summed E-state index contributed by atoms with van der Waals surface area (Å²) in [5.74, 6) is 0. The highest BCUT2D eigenvalue weighted by Gasteiger charge is 2.22. The highest BCUT2D eigenvalue weighted by molar-refractivity contribution is 7.46. The van der Waals surface area contributed by atoms with Crippen LogP contribution in [0.5, 0.6) is 0 Å². The van der Waals surface area contributed by atoms with Gasteiger partial charge in [0.2, 0.25) is 0 Å². The van der Waals surface area contributed by atoms with Crippen LogP contribution in [-0.2, 0) is 11.8 Å². The summed E-state index contributed by atoms with van der Waals surface area (Å²) in [6.07, 6.45) is 2.29. The van der Waals surface area contributed by atoms with E-state index in [1.165, 1.54) is 10.9 Å². The van der Waals surface area contributed by atoms with Crippen LogP contribution in [0.1, 0.15) is 52.2 Å². The fourth-order valence-corrected chi connectivity index (χ4v) is 3.53. The van der Waals surface area contributed by atoms with Gasteiger partial charge in [0.05, 0.1) is 0 Å². The second kappa shape index (κ2) is 6.37. The topological polar surface area (TPSA) is 26.0 Å². The Morgan fingerprint density at radius 2 is 1.74 bits per heavy atom. The minimum absolute atomic E-state index is 0.224. The van der Waals surface area contributed by atoms with Gasteiger partial charge in [-0.05, 0) is 53.3 Å². The van der Waals surface area contributed by atoms with Crippen molar-refractivity contribution >= 4 is 13.9 Å². The third kappa shape index (κ3) is 4.58. The zero-order valence-electron chi connectivity index (χ0n) is 13.4. The Morgan fingerprint density at radius 3 is 2.21 bits per heavy atom. The molecule has 0 spiro atoms. The third-order valence-corrected chi connectivity index (χ3v) is 4.75. The summed E-state index contributed by atoms with van der Waals surface area (Å²) < 4.78 is 0. The summed E-state index contributed by atoms with van der Waals surface area (Å²) in [5.41, 5.74) is 9.39. The molecule has 1 unspecified atom stereocenters. The number of benzene rings is 1. The van der Waals surface area contributed by atoms with Gasteiger partial charge in [-0.2, -0.15) is 0 Å². The molecule has 0 fully saturated rings. The first-order valence-corrected chi connectivity index (χ1v) is 8.71. The Hall–Kier alpha value is -0.390. The minimum Gasteiger partial charge on any atom is -0.330 e. The van der Waals surface area contributed by atoms with Crippen LogP contribution in [0.25, 0.3) is 0 Å². The van der Waals surface area contributed by atoms with Crippen molar-refractivity contribution in [3.63, 3.8) is 0 Å². The first kappa shape index (κ1) is 16.7. The molecule has 1 atom stereocenters. The lowest BCUT2D eigenvalue weighted by atomic mass is 9.80. The van der Waals surface area contributed by atoms with E-state index in [0.717, 1.165) is 28.0 Å². The van der Waals surface area contributed by atoms with Crippen LogP contribution in [0.2, 0.25) is 0 Å². The van der Waals surface area contributed by atoms with Crippen molar-refractivity contribution < 1.29 is 0 Å². The molecule has 1 aromatic rings. The van der Waals surface area contributed by atoms with Gasteiger partial charge in [-0.15, -0.1) is 0 Å². The van der Waals surface area contributed by atoms with Crippen molar-refractivity contribution in [2.75, 3.05) is 13.2 Å². The molecule has 1 rings (SSSR count). The summed E-state index contributed by atoms with van der Waals surface area (Å²) in [5, 5.41) is 1.52. The normalized spacial score (nSPS) is 13.4. The van der Waals surface area contributed by atoms with E-state index < -0.39 is 0 Å². The predicted molar refractivity (Wildman–Crippen MR) is 90.2 cm³/mol. The van der Waals surface area contributed by atoms with Gasteiger partial charge < -0.3 is 5.73 Å². The van der Waals surface area contributed by atoms with Gasteiger partial charge in [0.15, 0.2) is 0 Å². The highest BCUT2D eigenvalue weighted by atomic mass is 31.1. The monoisotopic (exact) mass is 279 g/mol. The molecule has 0 saturated heterocycles. The average Bonchev–Trinajstić information content (AvgIpc) is 2.34. The van der Waals surface area contributed by atoms with Gasteiger partial charge >= 0.3 is 0 Å². The molecular formula is C17H30NP. The number of hydrogen-bond acceptors (Lipinski definition) is 1. The smallest absolute Gasteiger partial charge is 0.00257 e. The maximum atomic E-state index is 5.85. The predicted octanol–water partition coefficient (Wildman–Crippen LogP) is 3.84. The van der Waals surface area contributed by atoms with E-state index in [2.05, 4.69) is 59.5 Å². The quantitative estimate of drug-likeness (QED) is 0.814. The molecule has 2 N–H and O–H groups in total. The second-order valence-electron chi connectivity index (χ2n) is 7.21. The Balaban J connectivity index is 3.07. The largest absolute Gasteiger partial charge is 0.330 e. The molecule has 0 heterocycles. The molecule has 2 heteroatoms. The number of rotatable bonds is 5. The molecule has 1 aromatic carbocycles. The van der Waals surface area contributed by atoms with Gasteiger partial charge in [-0.1, -0.05) is 61.4 Å². The van der Waals surface area contributed by atoms with E-state index in [9.17, 15) is 0 Å². The van der Waals surface area contributed by atoms with Crippen molar-refractivity contribution in [2.45, 2.75) is 52.9 Å². The van der Waals surface area contributed by atoms with Crippen LogP contribution in [0.4, 0.5) is 0 Å². The van der Waals surface area contributed by atoms with E-state index in [0.29, 0.717) is 0 Å². The first-order chi connectivity index (χ1) is 8.71. The summed E-state index contributed by atoms with van der Waals surface area (Å²) in [6.45, 7) is 14.5. The number of hydrogen-bond donors (Lipinski definition) is 1. The molecule has 0 radical (unpaired) electrons. The Kier molecular flexibility index (Phi) is 5.59. The van der Waals surface area contributed by atoms with E-state index in [1.807, 2.05) is 0 Å². The van der Waals surface area contributed by atoms with E-state index in [-0.39, 0.29) is 10.8 Å². The van der Waals surface area contributed by atoms with E-state index >= 15 is 0 Å². The Morgan fingerprint density at radius 1 is 1.11 bits per heavy atom. The SMILES string of the molecule is CPc1cccc(CCC(C)(C)CN)c1C(C)(C)C. The minimum atomic E-state index is 0.224. The number of aryl methyl sites for hydroxylation is 1. The molecule has 19 heavy (non-hydrogen) atoms. The van der Waals surface area contributed by atoms with Crippen molar-refractivity contribution in [2.24, 2.45) is 11.1 Å². The van der Waals surface area contributed by atoms with Crippen LogP contribution in [0.15, 0.2) is 18.2 Å². The van der Waals surface area contributed by atoms with E-state index in [1.54, 1.807) is 5.56 Å². The third-order valence-electron chi connectivity index (χ3n) is 3.79. The molecule has 108 valence electrons. The van der Waals surface area contributed by atoms with Gasteiger partial charge in [0, 0.05) is 0 Å². The van der Waals surface area contributed by atoms with Gasteiger partial charge in [0.25, 0.3) is 0 Å². The van der Waals surface area contributed by atoms with Crippen LogP contribution in [-0.4, -0.2) is 13.2 Å². The van der Waals surface area contributed by atoms with Crippen molar-refractivity contribution in [3.05, 3.63) is 29.3 Å². The van der Waals surface area contributed by atoms with Crippen LogP contribution in [0.3, 0.4) is 0 Å². The molecule has 0 aliphatic rings. The lowest BCUT2D eigenvalue weighted by Gasteiger charge is -2.28. The first-order valence-electron chi connectivity index (χ1n) is 7.21.